The van der Waals surface area contributed by atoms with Gasteiger partial charge in [0.2, 0.25) is 5.91 Å². The molecule has 0 saturated carbocycles. The minimum atomic E-state index is -0.349. The number of piperazine rings is 1. The van der Waals surface area contributed by atoms with Gasteiger partial charge in [0.05, 0.1) is 6.04 Å². The fourth-order valence-electron chi connectivity index (χ4n) is 3.19. The molecule has 0 aliphatic carbocycles. The van der Waals surface area contributed by atoms with Crippen LogP contribution < -0.4 is 5.32 Å². The molecule has 26 heavy (non-hydrogen) atoms. The molecule has 0 radical (unpaired) electrons. The van der Waals surface area contributed by atoms with Crippen LogP contribution in [0.2, 0.25) is 0 Å². The molecule has 1 unspecified atom stereocenters. The zero-order valence-corrected chi connectivity index (χ0v) is 15.1. The SMILES string of the molecule is CC(C(=O)Nc1cccc(F)c1)N1CCN(CCc2ccncc2)CC1. The average Bonchev–Trinajstić information content (AvgIpc) is 2.67. The van der Waals surface area contributed by atoms with Crippen molar-refractivity contribution < 1.29 is 9.18 Å². The summed E-state index contributed by atoms with van der Waals surface area (Å²) in [5.74, 6) is -0.445. The lowest BCUT2D eigenvalue weighted by atomic mass is 10.1. The molecule has 0 spiro atoms. The summed E-state index contributed by atoms with van der Waals surface area (Å²) in [6, 6.07) is 9.86. The van der Waals surface area contributed by atoms with Gasteiger partial charge in [0.15, 0.2) is 0 Å². The summed E-state index contributed by atoms with van der Waals surface area (Å²) >= 11 is 0. The number of benzene rings is 1. The molecule has 1 N–H and O–H groups in total. The number of halogens is 1. The first kappa shape index (κ1) is 18.5. The van der Waals surface area contributed by atoms with Gasteiger partial charge in [-0.15, -0.1) is 0 Å². The number of hydrogen-bond acceptors (Lipinski definition) is 4. The Kier molecular flexibility index (Phi) is 6.30. The Hall–Kier alpha value is -2.31. The van der Waals surface area contributed by atoms with Gasteiger partial charge >= 0.3 is 0 Å². The molecule has 3 rings (SSSR count). The van der Waals surface area contributed by atoms with Crippen LogP contribution in [0.5, 0.6) is 0 Å². The first-order valence-corrected chi connectivity index (χ1v) is 9.03. The van der Waals surface area contributed by atoms with Crippen molar-refractivity contribution >= 4 is 11.6 Å². The van der Waals surface area contributed by atoms with Crippen molar-refractivity contribution in [2.45, 2.75) is 19.4 Å². The minimum Gasteiger partial charge on any atom is -0.325 e. The van der Waals surface area contributed by atoms with E-state index in [0.717, 1.165) is 39.1 Å². The van der Waals surface area contributed by atoms with Crippen LogP contribution in [-0.2, 0) is 11.2 Å². The molecular weight excluding hydrogens is 331 g/mol. The maximum atomic E-state index is 13.2. The minimum absolute atomic E-state index is 0.0964. The van der Waals surface area contributed by atoms with Gasteiger partial charge in [-0.2, -0.15) is 0 Å². The van der Waals surface area contributed by atoms with Crippen molar-refractivity contribution in [1.82, 2.24) is 14.8 Å². The first-order valence-electron chi connectivity index (χ1n) is 9.03. The second kappa shape index (κ2) is 8.87. The molecule has 1 atom stereocenters. The highest BCUT2D eigenvalue weighted by Gasteiger charge is 2.25. The van der Waals surface area contributed by atoms with Crippen molar-refractivity contribution in [3.05, 3.63) is 60.2 Å². The van der Waals surface area contributed by atoms with Crippen LogP contribution in [0.1, 0.15) is 12.5 Å². The third-order valence-electron chi connectivity index (χ3n) is 4.89. The molecular formula is C20H25FN4O. The van der Waals surface area contributed by atoms with Gasteiger partial charge in [-0.25, -0.2) is 4.39 Å². The molecule has 0 bridgehead atoms. The molecule has 2 heterocycles. The lowest BCUT2D eigenvalue weighted by Gasteiger charge is -2.37. The molecule has 2 aromatic rings. The predicted octanol–water partition coefficient (Wildman–Crippen LogP) is 2.41. The van der Waals surface area contributed by atoms with Gasteiger partial charge < -0.3 is 10.2 Å². The Morgan fingerprint density at radius 1 is 1.19 bits per heavy atom. The van der Waals surface area contributed by atoms with Gasteiger partial charge in [0, 0.05) is 50.8 Å². The second-order valence-electron chi connectivity index (χ2n) is 6.66. The zero-order chi connectivity index (χ0) is 18.4. The lowest BCUT2D eigenvalue weighted by Crippen LogP contribution is -2.53. The monoisotopic (exact) mass is 356 g/mol. The first-order chi connectivity index (χ1) is 12.6. The summed E-state index contributed by atoms with van der Waals surface area (Å²) in [6.45, 7) is 6.52. The van der Waals surface area contributed by atoms with Crippen molar-refractivity contribution in [2.24, 2.45) is 0 Å². The molecule has 1 amide bonds. The standard InChI is InChI=1S/C20H25FN4O/c1-16(20(26)23-19-4-2-3-18(21)15-19)25-13-11-24(12-14-25)10-7-17-5-8-22-9-6-17/h2-6,8-9,15-16H,7,10-14H2,1H3,(H,23,26). The third kappa shape index (κ3) is 5.09. The van der Waals surface area contributed by atoms with E-state index in [1.807, 2.05) is 19.3 Å². The van der Waals surface area contributed by atoms with E-state index in [1.54, 1.807) is 12.1 Å². The number of anilines is 1. The Morgan fingerprint density at radius 3 is 2.62 bits per heavy atom. The van der Waals surface area contributed by atoms with E-state index in [4.69, 9.17) is 0 Å². The number of carbonyl (C=O) groups is 1. The molecule has 6 heteroatoms. The smallest absolute Gasteiger partial charge is 0.241 e. The molecule has 1 aliphatic heterocycles. The van der Waals surface area contributed by atoms with Crippen molar-refractivity contribution in [3.8, 4) is 0 Å². The van der Waals surface area contributed by atoms with E-state index < -0.39 is 0 Å². The third-order valence-corrected chi connectivity index (χ3v) is 4.89. The summed E-state index contributed by atoms with van der Waals surface area (Å²) in [6.07, 6.45) is 4.66. The van der Waals surface area contributed by atoms with Crippen LogP contribution in [0.4, 0.5) is 10.1 Å². The van der Waals surface area contributed by atoms with E-state index >= 15 is 0 Å². The number of amides is 1. The summed E-state index contributed by atoms with van der Waals surface area (Å²) in [4.78, 5) is 21.1. The van der Waals surface area contributed by atoms with Crippen LogP contribution >= 0.6 is 0 Å². The molecule has 1 fully saturated rings. The number of hydrogen-bond donors (Lipinski definition) is 1. The molecule has 1 aliphatic rings. The van der Waals surface area contributed by atoms with Crippen LogP contribution in [0, 0.1) is 5.82 Å². The molecule has 138 valence electrons. The predicted molar refractivity (Wildman–Crippen MR) is 100 cm³/mol. The van der Waals surface area contributed by atoms with Gasteiger partial charge in [-0.3, -0.25) is 14.7 Å². The van der Waals surface area contributed by atoms with Gasteiger partial charge in [0.1, 0.15) is 5.82 Å². The van der Waals surface area contributed by atoms with E-state index in [1.165, 1.54) is 17.7 Å². The van der Waals surface area contributed by atoms with Gasteiger partial charge in [-0.1, -0.05) is 6.07 Å². The highest BCUT2D eigenvalue weighted by atomic mass is 19.1. The van der Waals surface area contributed by atoms with Crippen molar-refractivity contribution in [2.75, 3.05) is 38.0 Å². The summed E-state index contributed by atoms with van der Waals surface area (Å²) in [5, 5.41) is 2.80. The van der Waals surface area contributed by atoms with Crippen LogP contribution in [-0.4, -0.2) is 59.5 Å². The largest absolute Gasteiger partial charge is 0.325 e. The van der Waals surface area contributed by atoms with Crippen molar-refractivity contribution in [1.29, 1.82) is 0 Å². The Morgan fingerprint density at radius 2 is 1.92 bits per heavy atom. The lowest BCUT2D eigenvalue weighted by molar-refractivity contribution is -0.121. The van der Waals surface area contributed by atoms with E-state index in [9.17, 15) is 9.18 Å². The summed E-state index contributed by atoms with van der Waals surface area (Å²) in [5.41, 5.74) is 1.79. The van der Waals surface area contributed by atoms with E-state index in [2.05, 4.69) is 32.2 Å². The number of aromatic nitrogens is 1. The Balaban J connectivity index is 1.44. The number of nitrogens with zero attached hydrogens (tertiary/aromatic N) is 3. The maximum Gasteiger partial charge on any atom is 0.241 e. The molecule has 1 saturated heterocycles. The van der Waals surface area contributed by atoms with E-state index in [-0.39, 0.29) is 17.8 Å². The fourth-order valence-corrected chi connectivity index (χ4v) is 3.19. The van der Waals surface area contributed by atoms with Crippen LogP contribution in [0.15, 0.2) is 48.8 Å². The quantitative estimate of drug-likeness (QED) is 0.864. The van der Waals surface area contributed by atoms with Crippen LogP contribution in [0.3, 0.4) is 0 Å². The number of nitrogens with one attached hydrogen (secondary N) is 1. The number of carbonyl (C=O) groups excluding carboxylic acids is 1. The van der Waals surface area contributed by atoms with E-state index in [0.29, 0.717) is 5.69 Å². The van der Waals surface area contributed by atoms with Gasteiger partial charge in [-0.05, 0) is 49.2 Å². The zero-order valence-electron chi connectivity index (χ0n) is 15.1. The molecule has 1 aromatic heterocycles. The second-order valence-corrected chi connectivity index (χ2v) is 6.66. The Labute approximate surface area is 153 Å². The number of rotatable bonds is 6. The normalized spacial score (nSPS) is 17.0. The average molecular weight is 356 g/mol. The van der Waals surface area contributed by atoms with Gasteiger partial charge in [0.25, 0.3) is 0 Å². The highest BCUT2D eigenvalue weighted by molar-refractivity contribution is 5.94. The molecule has 5 nitrogen and oxygen atoms in total. The summed E-state index contributed by atoms with van der Waals surface area (Å²) in [7, 11) is 0. The summed E-state index contributed by atoms with van der Waals surface area (Å²) < 4.78 is 13.2. The highest BCUT2D eigenvalue weighted by Crippen LogP contribution is 2.13. The topological polar surface area (TPSA) is 48.5 Å². The fraction of sp³-hybridized carbons (Fsp3) is 0.400. The number of pyridine rings is 1. The van der Waals surface area contributed by atoms with Crippen LogP contribution in [0.25, 0.3) is 0 Å². The maximum absolute atomic E-state index is 13.2. The Bertz CT molecular complexity index is 717. The molecule has 1 aromatic carbocycles. The van der Waals surface area contributed by atoms with Crippen molar-refractivity contribution in [3.63, 3.8) is 0 Å².